The second-order valence-corrected chi connectivity index (χ2v) is 6.85. The number of nitrogens with two attached hydrogens (primary N) is 1. The van der Waals surface area contributed by atoms with Crippen molar-refractivity contribution in [1.29, 1.82) is 0 Å². The smallest absolute Gasteiger partial charge is 0.244 e. The van der Waals surface area contributed by atoms with Crippen molar-refractivity contribution in [2.75, 3.05) is 5.73 Å². The Morgan fingerprint density at radius 2 is 2.05 bits per heavy atom. The molecule has 2 rings (SSSR count). The molecule has 0 bridgehead atoms. The number of nitrogens with one attached hydrogen (secondary N) is 2. The molecule has 1 heterocycles. The van der Waals surface area contributed by atoms with Crippen molar-refractivity contribution in [2.24, 2.45) is 0 Å². The van der Waals surface area contributed by atoms with E-state index in [0.717, 1.165) is 0 Å². The minimum Gasteiger partial charge on any atom is -0.399 e. The van der Waals surface area contributed by atoms with Gasteiger partial charge < -0.3 is 5.73 Å². The number of rotatable bonds is 3. The molecule has 1 aliphatic rings. The summed E-state index contributed by atoms with van der Waals surface area (Å²) in [4.78, 5) is 22.6. The van der Waals surface area contributed by atoms with Crippen molar-refractivity contribution in [3.05, 3.63) is 22.7 Å². The van der Waals surface area contributed by atoms with Gasteiger partial charge in [-0.1, -0.05) is 0 Å². The van der Waals surface area contributed by atoms with E-state index in [0.29, 0.717) is 10.2 Å². The molecular formula is C11H12BrN3O4S. The number of nitrogen functional groups attached to an aromatic ring is 1. The molecular weight excluding hydrogens is 350 g/mol. The molecule has 1 aromatic carbocycles. The van der Waals surface area contributed by atoms with Crippen molar-refractivity contribution >= 4 is 43.5 Å². The number of hydrogen-bond acceptors (Lipinski definition) is 5. The molecule has 0 aliphatic carbocycles. The number of carbonyl (C=O) groups is 2. The van der Waals surface area contributed by atoms with Gasteiger partial charge in [0.1, 0.15) is 6.04 Å². The number of imide groups is 1. The Kier molecular flexibility index (Phi) is 4.11. The third-order valence-corrected chi connectivity index (χ3v) is 5.23. The summed E-state index contributed by atoms with van der Waals surface area (Å²) < 4.78 is 27.0. The first-order valence-corrected chi connectivity index (χ1v) is 7.98. The fraction of sp³-hybridized carbons (Fsp3) is 0.273. The van der Waals surface area contributed by atoms with Crippen LogP contribution in [0.4, 0.5) is 5.69 Å². The van der Waals surface area contributed by atoms with Gasteiger partial charge in [-0.15, -0.1) is 0 Å². The maximum absolute atomic E-state index is 12.2. The molecule has 4 N–H and O–H groups in total. The number of hydrogen-bond donors (Lipinski definition) is 3. The summed E-state index contributed by atoms with van der Waals surface area (Å²) in [6, 6.07) is 3.29. The third kappa shape index (κ3) is 3.17. The van der Waals surface area contributed by atoms with Crippen LogP contribution in [-0.2, 0) is 19.6 Å². The standard InChI is InChI=1S/C11H12BrN3O4S/c12-7-5-6(13)1-3-9(7)20(18,19)15-8-2-4-10(16)14-11(8)17/h1,3,5,8,15H,2,4,13H2,(H,14,16,17). The van der Waals surface area contributed by atoms with Crippen LogP contribution in [0.2, 0.25) is 0 Å². The first-order valence-electron chi connectivity index (χ1n) is 5.70. The zero-order valence-electron chi connectivity index (χ0n) is 10.2. The molecule has 9 heteroatoms. The summed E-state index contributed by atoms with van der Waals surface area (Å²) in [7, 11) is -3.88. The molecule has 0 saturated carbocycles. The van der Waals surface area contributed by atoms with Gasteiger partial charge in [0.25, 0.3) is 0 Å². The van der Waals surface area contributed by atoms with E-state index in [4.69, 9.17) is 5.73 Å². The van der Waals surface area contributed by atoms with Crippen LogP contribution in [0.1, 0.15) is 12.8 Å². The normalized spacial score (nSPS) is 19.8. The molecule has 2 amide bonds. The number of carbonyl (C=O) groups excluding carboxylic acids is 2. The van der Waals surface area contributed by atoms with Crippen LogP contribution in [0, 0.1) is 0 Å². The second kappa shape index (κ2) is 5.51. The summed E-state index contributed by atoms with van der Waals surface area (Å²) in [5.74, 6) is -1.05. The Morgan fingerprint density at radius 3 is 2.65 bits per heavy atom. The summed E-state index contributed by atoms with van der Waals surface area (Å²) in [5.41, 5.74) is 5.96. The molecule has 7 nitrogen and oxygen atoms in total. The lowest BCUT2D eigenvalue weighted by atomic mass is 10.1. The molecule has 0 aromatic heterocycles. The second-order valence-electron chi connectivity index (χ2n) is 4.31. The molecule has 1 fully saturated rings. The van der Waals surface area contributed by atoms with Gasteiger partial charge in [0.15, 0.2) is 0 Å². The highest BCUT2D eigenvalue weighted by atomic mass is 79.9. The van der Waals surface area contributed by atoms with E-state index in [1.165, 1.54) is 18.2 Å². The van der Waals surface area contributed by atoms with Crippen molar-refractivity contribution in [3.63, 3.8) is 0 Å². The molecule has 1 unspecified atom stereocenters. The fourth-order valence-corrected chi connectivity index (χ4v) is 4.12. The number of halogens is 1. The quantitative estimate of drug-likeness (QED) is 0.521. The van der Waals surface area contributed by atoms with E-state index in [-0.39, 0.29) is 17.7 Å². The summed E-state index contributed by atoms with van der Waals surface area (Å²) in [6.07, 6.45) is 0.234. The first kappa shape index (κ1) is 14.9. The fourth-order valence-electron chi connectivity index (χ4n) is 1.79. The van der Waals surface area contributed by atoms with E-state index >= 15 is 0 Å². The van der Waals surface area contributed by atoms with Gasteiger partial charge in [-0.3, -0.25) is 14.9 Å². The topological polar surface area (TPSA) is 118 Å². The molecule has 20 heavy (non-hydrogen) atoms. The van der Waals surface area contributed by atoms with Gasteiger partial charge in [-0.05, 0) is 40.5 Å². The molecule has 108 valence electrons. The Bertz CT molecular complexity index is 674. The van der Waals surface area contributed by atoms with Crippen molar-refractivity contribution < 1.29 is 18.0 Å². The SMILES string of the molecule is Nc1ccc(S(=O)(=O)NC2CCC(=O)NC2=O)c(Br)c1. The zero-order chi connectivity index (χ0) is 14.9. The van der Waals surface area contributed by atoms with E-state index in [1.54, 1.807) is 0 Å². The van der Waals surface area contributed by atoms with Crippen LogP contribution >= 0.6 is 15.9 Å². The minimum absolute atomic E-state index is 0.0172. The predicted molar refractivity (Wildman–Crippen MR) is 75.0 cm³/mol. The highest BCUT2D eigenvalue weighted by molar-refractivity contribution is 9.10. The summed E-state index contributed by atoms with van der Waals surface area (Å²) >= 11 is 3.12. The van der Waals surface area contributed by atoms with Crippen LogP contribution in [0.3, 0.4) is 0 Å². The molecule has 1 aliphatic heterocycles. The third-order valence-electron chi connectivity index (χ3n) is 2.78. The minimum atomic E-state index is -3.88. The lowest BCUT2D eigenvalue weighted by molar-refractivity contribution is -0.134. The van der Waals surface area contributed by atoms with Crippen molar-refractivity contribution in [3.8, 4) is 0 Å². The van der Waals surface area contributed by atoms with Crippen LogP contribution in [0.15, 0.2) is 27.6 Å². The number of benzene rings is 1. The molecule has 0 spiro atoms. The maximum Gasteiger partial charge on any atom is 0.244 e. The largest absolute Gasteiger partial charge is 0.399 e. The Hall–Kier alpha value is -1.45. The first-order chi connectivity index (χ1) is 9.29. The van der Waals surface area contributed by atoms with Gasteiger partial charge in [0, 0.05) is 16.6 Å². The number of piperidine rings is 1. The van der Waals surface area contributed by atoms with E-state index in [1.807, 2.05) is 0 Å². The molecule has 1 saturated heterocycles. The van der Waals surface area contributed by atoms with E-state index in [2.05, 4.69) is 26.0 Å². The zero-order valence-corrected chi connectivity index (χ0v) is 12.6. The van der Waals surface area contributed by atoms with Crippen molar-refractivity contribution in [2.45, 2.75) is 23.8 Å². The number of anilines is 1. The van der Waals surface area contributed by atoms with Gasteiger partial charge >= 0.3 is 0 Å². The number of amides is 2. The van der Waals surface area contributed by atoms with E-state index in [9.17, 15) is 18.0 Å². The average molecular weight is 362 g/mol. The highest BCUT2D eigenvalue weighted by Gasteiger charge is 2.31. The molecule has 1 atom stereocenters. The van der Waals surface area contributed by atoms with Gasteiger partial charge in [-0.25, -0.2) is 8.42 Å². The lowest BCUT2D eigenvalue weighted by Gasteiger charge is -2.22. The molecule has 1 aromatic rings. The Labute approximate surface area is 124 Å². The van der Waals surface area contributed by atoms with Gasteiger partial charge in [-0.2, -0.15) is 4.72 Å². The average Bonchev–Trinajstić information content (AvgIpc) is 2.32. The van der Waals surface area contributed by atoms with Crippen LogP contribution in [0.5, 0.6) is 0 Å². The van der Waals surface area contributed by atoms with Gasteiger partial charge in [0.05, 0.1) is 4.90 Å². The van der Waals surface area contributed by atoms with Crippen molar-refractivity contribution in [1.82, 2.24) is 10.0 Å². The van der Waals surface area contributed by atoms with Crippen LogP contribution in [-0.4, -0.2) is 26.3 Å². The van der Waals surface area contributed by atoms with Crippen LogP contribution in [0.25, 0.3) is 0 Å². The lowest BCUT2D eigenvalue weighted by Crippen LogP contribution is -2.52. The monoisotopic (exact) mass is 361 g/mol. The van der Waals surface area contributed by atoms with Crippen LogP contribution < -0.4 is 15.8 Å². The Balaban J connectivity index is 2.23. The highest BCUT2D eigenvalue weighted by Crippen LogP contribution is 2.24. The molecule has 0 radical (unpaired) electrons. The summed E-state index contributed by atoms with van der Waals surface area (Å²) in [6.45, 7) is 0. The maximum atomic E-state index is 12.2. The van der Waals surface area contributed by atoms with E-state index < -0.39 is 27.9 Å². The number of sulfonamides is 1. The summed E-state index contributed by atoms with van der Waals surface area (Å²) in [5, 5.41) is 2.09. The Morgan fingerprint density at radius 1 is 1.35 bits per heavy atom. The predicted octanol–water partition coefficient (Wildman–Crippen LogP) is 0.115. The van der Waals surface area contributed by atoms with Gasteiger partial charge in [0.2, 0.25) is 21.8 Å².